The number of nitrogens with one attached hydrogen (secondary N) is 3. The number of nitro benzene ring substituents is 1. The third-order valence-electron chi connectivity index (χ3n) is 12.0. The fraction of sp³-hybridized carbons (Fsp3) is 0.381. The summed E-state index contributed by atoms with van der Waals surface area (Å²) in [5.74, 6) is -0.217. The largest absolute Gasteiger partial charge is 0.455 e. The van der Waals surface area contributed by atoms with Crippen LogP contribution in [-0.2, 0) is 25.9 Å². The lowest BCUT2D eigenvalue weighted by Crippen LogP contribution is -2.47. The van der Waals surface area contributed by atoms with Gasteiger partial charge in [-0.3, -0.25) is 19.8 Å². The van der Waals surface area contributed by atoms with E-state index in [1.807, 2.05) is 18.2 Å². The van der Waals surface area contributed by atoms with E-state index in [0.717, 1.165) is 80.4 Å². The molecule has 1 aliphatic carbocycles. The van der Waals surface area contributed by atoms with Crippen LogP contribution in [0.4, 0.5) is 17.1 Å². The van der Waals surface area contributed by atoms with E-state index in [4.69, 9.17) is 25.8 Å². The van der Waals surface area contributed by atoms with Crippen LogP contribution in [0.2, 0.25) is 5.02 Å². The number of H-pyrrole nitrogens is 1. The van der Waals surface area contributed by atoms with Crippen molar-refractivity contribution in [1.29, 1.82) is 0 Å². The maximum absolute atomic E-state index is 13.9. The number of aromatic nitrogens is 2. The van der Waals surface area contributed by atoms with E-state index in [1.165, 1.54) is 35.5 Å². The quantitative estimate of drug-likeness (QED) is 0.0702. The zero-order valence-corrected chi connectivity index (χ0v) is 33.7. The van der Waals surface area contributed by atoms with Gasteiger partial charge in [0.15, 0.2) is 6.29 Å². The van der Waals surface area contributed by atoms with Crippen LogP contribution in [0.5, 0.6) is 11.5 Å². The van der Waals surface area contributed by atoms with Gasteiger partial charge in [-0.25, -0.2) is 18.1 Å². The molecule has 0 spiro atoms. The zero-order chi connectivity index (χ0) is 40.7. The molecule has 3 aliphatic heterocycles. The lowest BCUT2D eigenvalue weighted by Gasteiger charge is -2.40. The Morgan fingerprint density at radius 2 is 1.90 bits per heavy atom. The molecule has 0 radical (unpaired) electrons. The number of halogens is 1. The Kier molecular flexibility index (Phi) is 10.9. The molecular weight excluding hydrogens is 798 g/mol. The number of nitrogens with zero attached hydrogens (tertiary/aromatic N) is 4. The van der Waals surface area contributed by atoms with Crippen molar-refractivity contribution >= 4 is 55.6 Å². The molecule has 4 aliphatic rings. The molecule has 3 fully saturated rings. The first-order chi connectivity index (χ1) is 28.6. The summed E-state index contributed by atoms with van der Waals surface area (Å²) in [6, 6.07) is 18.7. The molecule has 5 heterocycles. The fourth-order valence-corrected chi connectivity index (χ4v) is 10.2. The Bertz CT molecular complexity index is 2510. The Hall–Kier alpha value is -5.26. The van der Waals surface area contributed by atoms with Crippen LogP contribution in [-0.4, -0.2) is 86.3 Å². The summed E-state index contributed by atoms with van der Waals surface area (Å²) in [5, 5.41) is 16.9. The van der Waals surface area contributed by atoms with Crippen molar-refractivity contribution in [2.24, 2.45) is 11.8 Å². The number of hydrogen-bond donors (Lipinski definition) is 3. The predicted molar refractivity (Wildman–Crippen MR) is 222 cm³/mol. The number of piperazine rings is 1. The van der Waals surface area contributed by atoms with Crippen LogP contribution in [0.15, 0.2) is 84.0 Å². The molecule has 308 valence electrons. The highest BCUT2D eigenvalue weighted by Crippen LogP contribution is 2.39. The summed E-state index contributed by atoms with van der Waals surface area (Å²) < 4.78 is 47.1. The van der Waals surface area contributed by atoms with Gasteiger partial charge < -0.3 is 29.4 Å². The van der Waals surface area contributed by atoms with E-state index in [1.54, 1.807) is 24.4 Å². The highest BCUT2D eigenvalue weighted by Gasteiger charge is 2.41. The summed E-state index contributed by atoms with van der Waals surface area (Å²) >= 11 is 6.65. The van der Waals surface area contributed by atoms with Gasteiger partial charge in [-0.2, -0.15) is 0 Å². The Balaban J connectivity index is 0.940. The van der Waals surface area contributed by atoms with Gasteiger partial charge in [-0.15, -0.1) is 0 Å². The molecular formula is C42H44ClN7O8S. The fourth-order valence-electron chi connectivity index (χ4n) is 8.92. The SMILES string of the molecule is O=C(NS(=O)(=O)c1ccc(NCC2COC3OCCC23)c([N+](=O)[O-])c1)c1ccc(N2CCN(C3CCCCc4c(Cl)cccc43)CC2)cc1Oc1cnc2[nH]ccc2c1. The third-order valence-corrected chi connectivity index (χ3v) is 13.7. The second kappa shape index (κ2) is 16.4. The number of sulfonamides is 1. The summed E-state index contributed by atoms with van der Waals surface area (Å²) in [6.45, 7) is 4.51. The molecule has 3 saturated heterocycles. The lowest BCUT2D eigenvalue weighted by molar-refractivity contribution is -0.384. The Labute approximate surface area is 346 Å². The van der Waals surface area contributed by atoms with E-state index >= 15 is 0 Å². The lowest BCUT2D eigenvalue weighted by atomic mass is 9.93. The molecule has 0 saturated carbocycles. The van der Waals surface area contributed by atoms with Crippen molar-refractivity contribution in [3.63, 3.8) is 0 Å². The molecule has 9 rings (SSSR count). The molecule has 15 nitrogen and oxygen atoms in total. The minimum Gasteiger partial charge on any atom is -0.455 e. The Morgan fingerprint density at radius 3 is 2.75 bits per heavy atom. The van der Waals surface area contributed by atoms with Crippen LogP contribution in [0.25, 0.3) is 11.0 Å². The topological polar surface area (TPSA) is 181 Å². The van der Waals surface area contributed by atoms with Gasteiger partial charge in [-0.05, 0) is 79.3 Å². The molecule has 59 heavy (non-hydrogen) atoms. The van der Waals surface area contributed by atoms with E-state index < -0.39 is 31.4 Å². The highest BCUT2D eigenvalue weighted by atomic mass is 35.5. The number of anilines is 2. The first-order valence-corrected chi connectivity index (χ1v) is 21.8. The molecule has 1 amide bonds. The monoisotopic (exact) mass is 841 g/mol. The van der Waals surface area contributed by atoms with Crippen molar-refractivity contribution < 1.29 is 32.3 Å². The number of nitro groups is 1. The van der Waals surface area contributed by atoms with Gasteiger partial charge in [0.25, 0.3) is 21.6 Å². The molecule has 0 bridgehead atoms. The van der Waals surface area contributed by atoms with Crippen molar-refractivity contribution in [3.8, 4) is 11.5 Å². The van der Waals surface area contributed by atoms with Crippen LogP contribution in [0.3, 0.4) is 0 Å². The maximum atomic E-state index is 13.9. The normalized spacial score (nSPS) is 22.1. The summed E-state index contributed by atoms with van der Waals surface area (Å²) in [5.41, 5.74) is 3.70. The molecule has 4 unspecified atom stereocenters. The zero-order valence-electron chi connectivity index (χ0n) is 32.1. The average Bonchev–Trinajstić information content (AvgIpc) is 3.96. The number of ether oxygens (including phenoxy) is 3. The minimum absolute atomic E-state index is 0.0437. The summed E-state index contributed by atoms with van der Waals surface area (Å²) in [6.07, 6.45) is 8.15. The van der Waals surface area contributed by atoms with Crippen molar-refractivity contribution in [2.75, 3.05) is 56.2 Å². The third kappa shape index (κ3) is 8.07. The number of carbonyl (C=O) groups excluding carboxylic acids is 1. The van der Waals surface area contributed by atoms with Gasteiger partial charge in [0.2, 0.25) is 0 Å². The number of amides is 1. The number of pyridine rings is 1. The number of aromatic amines is 1. The molecule has 17 heteroatoms. The maximum Gasteiger partial charge on any atom is 0.293 e. The average molecular weight is 842 g/mol. The predicted octanol–water partition coefficient (Wildman–Crippen LogP) is 7.05. The number of carbonyl (C=O) groups is 1. The summed E-state index contributed by atoms with van der Waals surface area (Å²) in [7, 11) is -4.57. The van der Waals surface area contributed by atoms with E-state index in [0.29, 0.717) is 31.2 Å². The smallest absolute Gasteiger partial charge is 0.293 e. The molecule has 3 N–H and O–H groups in total. The van der Waals surface area contributed by atoms with Gasteiger partial charge in [-0.1, -0.05) is 30.2 Å². The van der Waals surface area contributed by atoms with Crippen LogP contribution >= 0.6 is 11.6 Å². The number of hydrogen-bond acceptors (Lipinski definition) is 12. The van der Waals surface area contributed by atoms with Gasteiger partial charge in [0.1, 0.15) is 22.8 Å². The highest BCUT2D eigenvalue weighted by molar-refractivity contribution is 7.90. The molecule has 4 atom stereocenters. The second-order valence-corrected chi connectivity index (χ2v) is 17.6. The van der Waals surface area contributed by atoms with Gasteiger partial charge >= 0.3 is 0 Å². The van der Waals surface area contributed by atoms with Crippen molar-refractivity contribution in [2.45, 2.75) is 49.3 Å². The number of benzene rings is 3. The van der Waals surface area contributed by atoms with E-state index in [-0.39, 0.29) is 41.2 Å². The Morgan fingerprint density at radius 1 is 1.03 bits per heavy atom. The van der Waals surface area contributed by atoms with E-state index in [2.05, 4.69) is 35.9 Å². The van der Waals surface area contributed by atoms with Crippen molar-refractivity contribution in [1.82, 2.24) is 19.6 Å². The minimum atomic E-state index is -4.57. The molecule has 3 aromatic carbocycles. The molecule has 5 aromatic rings. The molecule has 2 aromatic heterocycles. The first-order valence-electron chi connectivity index (χ1n) is 20.0. The van der Waals surface area contributed by atoms with Crippen LogP contribution in [0.1, 0.15) is 53.2 Å². The van der Waals surface area contributed by atoms with Crippen LogP contribution in [0, 0.1) is 22.0 Å². The first kappa shape index (κ1) is 39.2. The van der Waals surface area contributed by atoms with Crippen LogP contribution < -0.4 is 19.7 Å². The van der Waals surface area contributed by atoms with E-state index in [9.17, 15) is 23.3 Å². The van der Waals surface area contributed by atoms with Crippen molar-refractivity contribution in [3.05, 3.63) is 111 Å². The van der Waals surface area contributed by atoms with Gasteiger partial charge in [0, 0.05) is 85.0 Å². The number of rotatable bonds is 11. The van der Waals surface area contributed by atoms with Gasteiger partial charge in [0.05, 0.1) is 34.8 Å². The summed E-state index contributed by atoms with van der Waals surface area (Å²) in [4.78, 5) is 37.2. The second-order valence-electron chi connectivity index (χ2n) is 15.5. The standard InChI is InChI=1S/C42H44ClN7O8S/c43-35-6-3-5-33-32(35)4-1-2-7-37(33)49-17-15-48(16-18-49)28-8-10-34(39(21-28)58-29-20-26-12-14-44-40(26)46-24-29)41(51)47-59(54,55)30-9-11-36(38(22-30)50(52)53)45-23-27-25-57-42-31(27)13-19-56-42/h3,5-6,8-12,14,20-22,24,27,31,37,42,45H,1-2,4,7,13,15-19,23,25H2,(H,44,46)(H,47,51). The number of fused-ring (bicyclic) bond motifs is 3.